The predicted molar refractivity (Wildman–Crippen MR) is 91.5 cm³/mol. The zero-order chi connectivity index (χ0) is 16.5. The molecule has 3 nitrogen and oxygen atoms in total. The van der Waals surface area contributed by atoms with Crippen LogP contribution in [0.1, 0.15) is 36.5 Å². The lowest BCUT2D eigenvalue weighted by Gasteiger charge is -2.13. The third-order valence-electron chi connectivity index (χ3n) is 3.75. The Kier molecular flexibility index (Phi) is 6.67. The van der Waals surface area contributed by atoms with Gasteiger partial charge in [0.25, 0.3) is 0 Å². The van der Waals surface area contributed by atoms with E-state index in [4.69, 9.17) is 9.47 Å². The minimum atomic E-state index is -0.254. The maximum atomic E-state index is 11.6. The topological polar surface area (TPSA) is 35.5 Å². The molecule has 0 aliphatic carbocycles. The second kappa shape index (κ2) is 8.99. The first-order chi connectivity index (χ1) is 11.2. The molecule has 0 spiro atoms. The van der Waals surface area contributed by atoms with E-state index in [0.29, 0.717) is 6.61 Å². The molecular weight excluding hydrogens is 288 g/mol. The van der Waals surface area contributed by atoms with Crippen LogP contribution in [-0.4, -0.2) is 13.1 Å². The molecular formula is C20H24O3. The zero-order valence-corrected chi connectivity index (χ0v) is 13.9. The molecule has 2 aromatic rings. The van der Waals surface area contributed by atoms with Crippen molar-refractivity contribution in [3.63, 3.8) is 0 Å². The molecule has 2 rings (SSSR count). The molecule has 0 unspecified atom stereocenters. The molecule has 0 bridgehead atoms. The zero-order valence-electron chi connectivity index (χ0n) is 13.9. The average Bonchev–Trinajstić information content (AvgIpc) is 2.60. The van der Waals surface area contributed by atoms with Crippen molar-refractivity contribution in [3.05, 3.63) is 65.2 Å². The lowest BCUT2D eigenvalue weighted by Crippen LogP contribution is -2.07. The Morgan fingerprint density at radius 3 is 2.52 bits per heavy atom. The highest BCUT2D eigenvalue weighted by Gasteiger charge is 2.11. The summed E-state index contributed by atoms with van der Waals surface area (Å²) in [7, 11) is 1.41. The quantitative estimate of drug-likeness (QED) is 0.681. The molecule has 23 heavy (non-hydrogen) atoms. The molecule has 0 atom stereocenters. The van der Waals surface area contributed by atoms with E-state index in [2.05, 4.69) is 19.1 Å². The fourth-order valence-electron chi connectivity index (χ4n) is 2.38. The Hall–Kier alpha value is -2.29. The van der Waals surface area contributed by atoms with Gasteiger partial charge in [-0.3, -0.25) is 4.79 Å². The van der Waals surface area contributed by atoms with Crippen molar-refractivity contribution in [2.24, 2.45) is 0 Å². The number of ether oxygens (including phenoxy) is 2. The van der Waals surface area contributed by atoms with Gasteiger partial charge in [-0.1, -0.05) is 55.8 Å². The van der Waals surface area contributed by atoms with E-state index in [0.717, 1.165) is 36.1 Å². The Balaban J connectivity index is 2.15. The van der Waals surface area contributed by atoms with Crippen molar-refractivity contribution < 1.29 is 14.3 Å². The lowest BCUT2D eigenvalue weighted by atomic mass is 10.0. The van der Waals surface area contributed by atoms with Crippen LogP contribution < -0.4 is 4.74 Å². The summed E-state index contributed by atoms with van der Waals surface area (Å²) in [5.74, 6) is 0.517. The van der Waals surface area contributed by atoms with Gasteiger partial charge in [0.1, 0.15) is 12.4 Å². The maximum Gasteiger partial charge on any atom is 0.310 e. The number of carbonyl (C=O) groups excluding carboxylic acids is 1. The molecule has 0 amide bonds. The summed E-state index contributed by atoms with van der Waals surface area (Å²) in [5.41, 5.74) is 3.21. The van der Waals surface area contributed by atoms with Crippen LogP contribution in [0, 0.1) is 0 Å². The van der Waals surface area contributed by atoms with Crippen LogP contribution >= 0.6 is 0 Å². The number of hydrogen-bond acceptors (Lipinski definition) is 3. The molecule has 0 N–H and O–H groups in total. The first kappa shape index (κ1) is 17.1. The van der Waals surface area contributed by atoms with Gasteiger partial charge in [0.2, 0.25) is 0 Å². The minimum absolute atomic E-state index is 0.231. The van der Waals surface area contributed by atoms with E-state index in [-0.39, 0.29) is 12.4 Å². The van der Waals surface area contributed by atoms with Gasteiger partial charge in [-0.25, -0.2) is 0 Å². The fourth-order valence-corrected chi connectivity index (χ4v) is 2.38. The summed E-state index contributed by atoms with van der Waals surface area (Å²) in [4.78, 5) is 11.6. The van der Waals surface area contributed by atoms with Gasteiger partial charge in [-0.05, 0) is 30.0 Å². The Morgan fingerprint density at radius 1 is 1.04 bits per heavy atom. The molecule has 0 aromatic heterocycles. The molecule has 0 aliphatic heterocycles. The lowest BCUT2D eigenvalue weighted by molar-refractivity contribution is -0.139. The van der Waals surface area contributed by atoms with Crippen molar-refractivity contribution in [2.75, 3.05) is 7.11 Å². The van der Waals surface area contributed by atoms with Crippen LogP contribution in [0.3, 0.4) is 0 Å². The number of unbranched alkanes of at least 4 members (excludes halogenated alkanes) is 1. The standard InChI is InChI=1S/C20H24O3/c1-3-4-8-16-11-12-18(14-20(21)22-2)19(13-16)23-15-17-9-6-5-7-10-17/h5-7,9-13H,3-4,8,14-15H2,1-2H3. The molecule has 0 fully saturated rings. The molecule has 0 saturated heterocycles. The summed E-state index contributed by atoms with van der Waals surface area (Å²) in [6.45, 7) is 2.67. The van der Waals surface area contributed by atoms with Gasteiger partial charge in [0, 0.05) is 5.56 Å². The number of carbonyl (C=O) groups is 1. The number of methoxy groups -OCH3 is 1. The van der Waals surface area contributed by atoms with E-state index in [1.807, 2.05) is 36.4 Å². The highest BCUT2D eigenvalue weighted by atomic mass is 16.5. The summed E-state index contributed by atoms with van der Waals surface area (Å²) in [5, 5.41) is 0. The number of benzene rings is 2. The highest BCUT2D eigenvalue weighted by Crippen LogP contribution is 2.24. The van der Waals surface area contributed by atoms with Gasteiger partial charge < -0.3 is 9.47 Å². The van der Waals surface area contributed by atoms with Crippen LogP contribution in [0.25, 0.3) is 0 Å². The summed E-state index contributed by atoms with van der Waals surface area (Å²) < 4.78 is 10.8. The smallest absolute Gasteiger partial charge is 0.310 e. The van der Waals surface area contributed by atoms with Crippen molar-refractivity contribution in [2.45, 2.75) is 39.2 Å². The summed E-state index contributed by atoms with van der Waals surface area (Å²) >= 11 is 0. The summed E-state index contributed by atoms with van der Waals surface area (Å²) in [6.07, 6.45) is 3.56. The van der Waals surface area contributed by atoms with E-state index in [9.17, 15) is 4.79 Å². The van der Waals surface area contributed by atoms with Crippen LogP contribution in [-0.2, 0) is 29.0 Å². The van der Waals surface area contributed by atoms with Crippen LogP contribution in [0.5, 0.6) is 5.75 Å². The number of rotatable bonds is 8. The normalized spacial score (nSPS) is 10.3. The monoisotopic (exact) mass is 312 g/mol. The third kappa shape index (κ3) is 5.44. The summed E-state index contributed by atoms with van der Waals surface area (Å²) in [6, 6.07) is 16.1. The van der Waals surface area contributed by atoms with Gasteiger partial charge in [0.05, 0.1) is 13.5 Å². The molecule has 0 heterocycles. The molecule has 0 aliphatic rings. The molecule has 2 aromatic carbocycles. The largest absolute Gasteiger partial charge is 0.489 e. The van der Waals surface area contributed by atoms with E-state index >= 15 is 0 Å². The van der Waals surface area contributed by atoms with Gasteiger partial charge in [-0.15, -0.1) is 0 Å². The molecule has 122 valence electrons. The van der Waals surface area contributed by atoms with Gasteiger partial charge in [-0.2, -0.15) is 0 Å². The molecule has 0 radical (unpaired) electrons. The van der Waals surface area contributed by atoms with E-state index in [1.165, 1.54) is 12.7 Å². The SMILES string of the molecule is CCCCc1ccc(CC(=O)OC)c(OCc2ccccc2)c1. The van der Waals surface area contributed by atoms with E-state index < -0.39 is 0 Å². The Labute approximate surface area is 138 Å². The van der Waals surface area contributed by atoms with E-state index in [1.54, 1.807) is 0 Å². The maximum absolute atomic E-state index is 11.6. The highest BCUT2D eigenvalue weighted by molar-refractivity contribution is 5.73. The van der Waals surface area contributed by atoms with Crippen molar-refractivity contribution in [1.82, 2.24) is 0 Å². The molecule has 3 heteroatoms. The van der Waals surface area contributed by atoms with Crippen LogP contribution in [0.2, 0.25) is 0 Å². The number of hydrogen-bond donors (Lipinski definition) is 0. The Morgan fingerprint density at radius 2 is 1.83 bits per heavy atom. The van der Waals surface area contributed by atoms with Crippen LogP contribution in [0.15, 0.2) is 48.5 Å². The van der Waals surface area contributed by atoms with Crippen molar-refractivity contribution >= 4 is 5.97 Å². The van der Waals surface area contributed by atoms with Crippen LogP contribution in [0.4, 0.5) is 0 Å². The van der Waals surface area contributed by atoms with Gasteiger partial charge >= 0.3 is 5.97 Å². The minimum Gasteiger partial charge on any atom is -0.489 e. The number of esters is 1. The Bertz CT molecular complexity index is 620. The fraction of sp³-hybridized carbons (Fsp3) is 0.350. The first-order valence-corrected chi connectivity index (χ1v) is 8.08. The second-order valence-corrected chi connectivity index (χ2v) is 5.57. The second-order valence-electron chi connectivity index (χ2n) is 5.57. The van der Waals surface area contributed by atoms with Crippen molar-refractivity contribution in [1.29, 1.82) is 0 Å². The third-order valence-corrected chi connectivity index (χ3v) is 3.75. The van der Waals surface area contributed by atoms with Crippen molar-refractivity contribution in [3.8, 4) is 5.75 Å². The van der Waals surface area contributed by atoms with Gasteiger partial charge in [0.15, 0.2) is 0 Å². The molecule has 0 saturated carbocycles. The first-order valence-electron chi connectivity index (χ1n) is 8.08. The average molecular weight is 312 g/mol. The number of aryl methyl sites for hydroxylation is 1. The predicted octanol–water partition coefficient (Wildman–Crippen LogP) is 4.32.